The highest BCUT2D eigenvalue weighted by atomic mass is 35.5. The summed E-state index contributed by atoms with van der Waals surface area (Å²) in [6.07, 6.45) is -10.0. The van der Waals surface area contributed by atoms with E-state index < -0.39 is 34.6 Å². The number of hydrogen-bond acceptors (Lipinski definition) is 0. The lowest BCUT2D eigenvalue weighted by Gasteiger charge is -2.22. The minimum atomic E-state index is -5.06. The van der Waals surface area contributed by atoms with Gasteiger partial charge in [-0.15, -0.1) is 0 Å². The predicted octanol–water partition coefficient (Wildman–Crippen LogP) is 8.37. The fourth-order valence-corrected chi connectivity index (χ4v) is 3.51. The van der Waals surface area contributed by atoms with E-state index in [0.717, 1.165) is 6.07 Å². The van der Waals surface area contributed by atoms with Gasteiger partial charge in [-0.1, -0.05) is 59.6 Å². The molecule has 0 heterocycles. The fraction of sp³-hybridized carbons (Fsp3) is 0.100. The Hall–Kier alpha value is -2.18. The fourth-order valence-electron chi connectivity index (χ4n) is 2.99. The van der Waals surface area contributed by atoms with Crippen molar-refractivity contribution < 1.29 is 26.3 Å². The van der Waals surface area contributed by atoms with E-state index in [1.165, 1.54) is 48.5 Å². The first kappa shape index (κ1) is 20.6. The summed E-state index contributed by atoms with van der Waals surface area (Å²) in [5, 5.41) is 0.133. The summed E-state index contributed by atoms with van der Waals surface area (Å²) < 4.78 is 82.7. The SMILES string of the molecule is FC(F)(F)c1ccc(-c2cc(Cl)cc(Cl)c2)c(C(F)(F)F)c1-c1ccccc1. The summed E-state index contributed by atoms with van der Waals surface area (Å²) in [5.74, 6) is 0. The Morgan fingerprint density at radius 3 is 1.68 bits per heavy atom. The van der Waals surface area contributed by atoms with Crippen LogP contribution in [0.5, 0.6) is 0 Å². The Bertz CT molecular complexity index is 987. The molecule has 0 unspecified atom stereocenters. The van der Waals surface area contributed by atoms with E-state index in [1.807, 2.05) is 0 Å². The highest BCUT2D eigenvalue weighted by Gasteiger charge is 2.43. The van der Waals surface area contributed by atoms with Gasteiger partial charge in [0.25, 0.3) is 0 Å². The van der Waals surface area contributed by atoms with E-state index in [-0.39, 0.29) is 21.2 Å². The van der Waals surface area contributed by atoms with Gasteiger partial charge in [-0.05, 0) is 41.0 Å². The van der Waals surface area contributed by atoms with Gasteiger partial charge in [0, 0.05) is 15.6 Å². The van der Waals surface area contributed by atoms with Gasteiger partial charge in [0.05, 0.1) is 11.1 Å². The van der Waals surface area contributed by atoms with Crippen LogP contribution in [0.4, 0.5) is 26.3 Å². The maximum Gasteiger partial charge on any atom is 0.417 e. The van der Waals surface area contributed by atoms with Crippen LogP contribution in [0.15, 0.2) is 60.7 Å². The third-order valence-corrected chi connectivity index (χ3v) is 4.47. The lowest BCUT2D eigenvalue weighted by Crippen LogP contribution is -2.15. The predicted molar refractivity (Wildman–Crippen MR) is 97.3 cm³/mol. The van der Waals surface area contributed by atoms with Crippen LogP contribution in [0.1, 0.15) is 11.1 Å². The molecule has 0 aliphatic rings. The van der Waals surface area contributed by atoms with Gasteiger partial charge in [0.15, 0.2) is 0 Å². The second-order valence-corrected chi connectivity index (χ2v) is 6.80. The molecule has 3 aromatic rings. The number of halogens is 8. The lowest BCUT2D eigenvalue weighted by molar-refractivity contribution is -0.141. The van der Waals surface area contributed by atoms with E-state index in [0.29, 0.717) is 6.07 Å². The molecule has 0 aliphatic heterocycles. The van der Waals surface area contributed by atoms with Crippen molar-refractivity contribution in [3.05, 3.63) is 81.8 Å². The van der Waals surface area contributed by atoms with Crippen molar-refractivity contribution in [2.45, 2.75) is 12.4 Å². The first-order valence-electron chi connectivity index (χ1n) is 7.82. The summed E-state index contributed by atoms with van der Waals surface area (Å²) in [6.45, 7) is 0. The molecule has 146 valence electrons. The van der Waals surface area contributed by atoms with Crippen molar-refractivity contribution in [2.24, 2.45) is 0 Å². The molecule has 0 bridgehead atoms. The quantitative estimate of drug-likeness (QED) is 0.355. The molecule has 8 heteroatoms. The smallest absolute Gasteiger partial charge is 0.166 e. The van der Waals surface area contributed by atoms with Crippen molar-refractivity contribution in [3.63, 3.8) is 0 Å². The Morgan fingerprint density at radius 1 is 0.607 bits per heavy atom. The van der Waals surface area contributed by atoms with Crippen LogP contribution in [0, 0.1) is 0 Å². The minimum Gasteiger partial charge on any atom is -0.166 e. The Kier molecular flexibility index (Phi) is 5.38. The molecule has 3 aromatic carbocycles. The third-order valence-electron chi connectivity index (χ3n) is 4.03. The summed E-state index contributed by atoms with van der Waals surface area (Å²) in [4.78, 5) is 0. The topological polar surface area (TPSA) is 0 Å². The van der Waals surface area contributed by atoms with Gasteiger partial charge in [-0.3, -0.25) is 0 Å². The summed E-state index contributed by atoms with van der Waals surface area (Å²) in [7, 11) is 0. The highest BCUT2D eigenvalue weighted by molar-refractivity contribution is 6.35. The second kappa shape index (κ2) is 7.33. The molecule has 0 amide bonds. The zero-order valence-corrected chi connectivity index (χ0v) is 15.3. The zero-order chi connectivity index (χ0) is 20.7. The molecule has 0 radical (unpaired) electrons. The van der Waals surface area contributed by atoms with Crippen LogP contribution in [0.3, 0.4) is 0 Å². The second-order valence-electron chi connectivity index (χ2n) is 5.93. The summed E-state index contributed by atoms with van der Waals surface area (Å²) in [5.41, 5.74) is -4.37. The first-order valence-corrected chi connectivity index (χ1v) is 8.57. The van der Waals surface area contributed by atoms with Crippen LogP contribution in [0.25, 0.3) is 22.3 Å². The molecular formula is C20H10Cl2F6. The van der Waals surface area contributed by atoms with Gasteiger partial charge in [-0.2, -0.15) is 26.3 Å². The van der Waals surface area contributed by atoms with Crippen LogP contribution in [-0.2, 0) is 12.4 Å². The lowest BCUT2D eigenvalue weighted by atomic mass is 9.87. The molecule has 0 fully saturated rings. The number of alkyl halides is 6. The molecule has 0 saturated carbocycles. The van der Waals surface area contributed by atoms with Crippen molar-refractivity contribution in [2.75, 3.05) is 0 Å². The van der Waals surface area contributed by atoms with Gasteiger partial charge < -0.3 is 0 Å². The van der Waals surface area contributed by atoms with Gasteiger partial charge >= 0.3 is 12.4 Å². The van der Waals surface area contributed by atoms with E-state index in [1.54, 1.807) is 0 Å². The van der Waals surface area contributed by atoms with Crippen molar-refractivity contribution in [3.8, 4) is 22.3 Å². The van der Waals surface area contributed by atoms with E-state index >= 15 is 0 Å². The monoisotopic (exact) mass is 434 g/mol. The van der Waals surface area contributed by atoms with Crippen molar-refractivity contribution in [1.82, 2.24) is 0 Å². The number of rotatable bonds is 2. The van der Waals surface area contributed by atoms with Crippen LogP contribution in [0.2, 0.25) is 10.0 Å². The van der Waals surface area contributed by atoms with Gasteiger partial charge in [-0.25, -0.2) is 0 Å². The molecule has 0 aromatic heterocycles. The third kappa shape index (κ3) is 4.13. The molecule has 0 saturated heterocycles. The molecule has 28 heavy (non-hydrogen) atoms. The molecular weight excluding hydrogens is 425 g/mol. The van der Waals surface area contributed by atoms with Gasteiger partial charge in [0.2, 0.25) is 0 Å². The Morgan fingerprint density at radius 2 is 1.18 bits per heavy atom. The maximum absolute atomic E-state index is 14.0. The van der Waals surface area contributed by atoms with Crippen LogP contribution in [-0.4, -0.2) is 0 Å². The average molecular weight is 435 g/mol. The van der Waals surface area contributed by atoms with Crippen LogP contribution < -0.4 is 0 Å². The van der Waals surface area contributed by atoms with E-state index in [9.17, 15) is 26.3 Å². The molecule has 0 N–H and O–H groups in total. The molecule has 0 nitrogen and oxygen atoms in total. The van der Waals surface area contributed by atoms with Gasteiger partial charge in [0.1, 0.15) is 0 Å². The minimum absolute atomic E-state index is 0.0317. The zero-order valence-electron chi connectivity index (χ0n) is 13.8. The first-order chi connectivity index (χ1) is 13.0. The molecule has 0 aliphatic carbocycles. The van der Waals surface area contributed by atoms with Crippen molar-refractivity contribution in [1.29, 1.82) is 0 Å². The Balaban J connectivity index is 2.47. The van der Waals surface area contributed by atoms with E-state index in [2.05, 4.69) is 0 Å². The summed E-state index contributed by atoms with van der Waals surface area (Å²) >= 11 is 11.8. The summed E-state index contributed by atoms with van der Waals surface area (Å²) in [6, 6.07) is 11.9. The highest BCUT2D eigenvalue weighted by Crippen LogP contribution is 2.49. The standard InChI is InChI=1S/C20H10Cl2F6/c21-13-8-12(9-14(22)10-13)15-6-7-16(19(23,24)25)17(18(15)20(26,27)28)11-4-2-1-3-5-11/h1-10H. The molecule has 0 spiro atoms. The molecule has 0 atom stereocenters. The average Bonchev–Trinajstić information content (AvgIpc) is 2.59. The normalized spacial score (nSPS) is 12.3. The van der Waals surface area contributed by atoms with Crippen LogP contribution >= 0.6 is 23.2 Å². The maximum atomic E-state index is 14.0. The van der Waals surface area contributed by atoms with E-state index in [4.69, 9.17) is 23.2 Å². The molecule has 3 rings (SSSR count). The number of benzene rings is 3. The van der Waals surface area contributed by atoms with Crippen molar-refractivity contribution >= 4 is 23.2 Å². The Labute approximate surface area is 166 Å². The largest absolute Gasteiger partial charge is 0.417 e. The number of hydrogen-bond donors (Lipinski definition) is 0.